The van der Waals surface area contributed by atoms with E-state index in [1.807, 2.05) is 0 Å². The van der Waals surface area contributed by atoms with E-state index in [2.05, 4.69) is 26.1 Å². The number of halogens is 1. The van der Waals surface area contributed by atoms with Crippen molar-refractivity contribution < 1.29 is 19.7 Å². The van der Waals surface area contributed by atoms with Crippen molar-refractivity contribution in [2.24, 2.45) is 0 Å². The zero-order valence-corrected chi connectivity index (χ0v) is 10.9. The summed E-state index contributed by atoms with van der Waals surface area (Å²) in [5.41, 5.74) is 0.960. The molecule has 0 spiro atoms. The van der Waals surface area contributed by atoms with Gasteiger partial charge in [-0.15, -0.1) is 0 Å². The van der Waals surface area contributed by atoms with E-state index in [1.54, 1.807) is 6.07 Å². The van der Waals surface area contributed by atoms with E-state index in [1.165, 1.54) is 19.2 Å². The molecule has 0 atom stereocenters. The van der Waals surface area contributed by atoms with Crippen molar-refractivity contribution in [3.63, 3.8) is 0 Å². The van der Waals surface area contributed by atoms with Crippen molar-refractivity contribution in [3.05, 3.63) is 28.4 Å². The zero-order chi connectivity index (χ0) is 13.3. The molecule has 94 valence electrons. The SMILES string of the molecule is COc1cc(Br)c(-c2cc(C(=O)O)[nH]n2)cc1O. The molecule has 0 fully saturated rings. The van der Waals surface area contributed by atoms with Gasteiger partial charge in [-0.3, -0.25) is 5.10 Å². The summed E-state index contributed by atoms with van der Waals surface area (Å²) in [6.45, 7) is 0. The Morgan fingerprint density at radius 3 is 2.72 bits per heavy atom. The Labute approximate surface area is 110 Å². The van der Waals surface area contributed by atoms with Gasteiger partial charge in [0.1, 0.15) is 5.69 Å². The minimum absolute atomic E-state index is 0.0211. The third kappa shape index (κ3) is 2.17. The first-order valence-corrected chi connectivity index (χ1v) is 5.67. The first-order chi connectivity index (χ1) is 8.52. The summed E-state index contributed by atoms with van der Waals surface area (Å²) in [6, 6.07) is 4.42. The van der Waals surface area contributed by atoms with E-state index in [0.717, 1.165) is 0 Å². The van der Waals surface area contributed by atoms with Gasteiger partial charge in [-0.05, 0) is 34.1 Å². The highest BCUT2D eigenvalue weighted by Gasteiger charge is 2.14. The lowest BCUT2D eigenvalue weighted by Crippen LogP contribution is -1.95. The van der Waals surface area contributed by atoms with Crippen LogP contribution in [0.3, 0.4) is 0 Å². The highest BCUT2D eigenvalue weighted by molar-refractivity contribution is 9.10. The zero-order valence-electron chi connectivity index (χ0n) is 9.27. The number of aromatic hydroxyl groups is 1. The molecule has 0 saturated heterocycles. The number of carbonyl (C=O) groups is 1. The monoisotopic (exact) mass is 312 g/mol. The predicted octanol–water partition coefficient (Wildman–Crippen LogP) is 2.25. The fourth-order valence-corrected chi connectivity index (χ4v) is 2.00. The molecule has 0 aliphatic rings. The van der Waals surface area contributed by atoms with Gasteiger partial charge < -0.3 is 14.9 Å². The fourth-order valence-electron chi connectivity index (χ4n) is 1.47. The van der Waals surface area contributed by atoms with E-state index in [4.69, 9.17) is 9.84 Å². The van der Waals surface area contributed by atoms with Crippen LogP contribution in [0, 0.1) is 0 Å². The van der Waals surface area contributed by atoms with Crippen LogP contribution in [0.2, 0.25) is 0 Å². The summed E-state index contributed by atoms with van der Waals surface area (Å²) in [4.78, 5) is 10.7. The molecule has 0 saturated carbocycles. The van der Waals surface area contributed by atoms with Gasteiger partial charge in [-0.25, -0.2) is 4.79 Å². The molecule has 0 amide bonds. The van der Waals surface area contributed by atoms with Crippen molar-refractivity contribution in [3.8, 4) is 22.8 Å². The smallest absolute Gasteiger partial charge is 0.353 e. The van der Waals surface area contributed by atoms with Crippen LogP contribution in [-0.4, -0.2) is 33.5 Å². The van der Waals surface area contributed by atoms with Gasteiger partial charge in [-0.1, -0.05) is 0 Å². The number of methoxy groups -OCH3 is 1. The lowest BCUT2D eigenvalue weighted by molar-refractivity contribution is 0.0690. The summed E-state index contributed by atoms with van der Waals surface area (Å²) >= 11 is 3.31. The largest absolute Gasteiger partial charge is 0.504 e. The maximum Gasteiger partial charge on any atom is 0.353 e. The summed E-state index contributed by atoms with van der Waals surface area (Å²) in [6.07, 6.45) is 0. The predicted molar refractivity (Wildman–Crippen MR) is 66.9 cm³/mol. The molecule has 0 aliphatic carbocycles. The van der Waals surface area contributed by atoms with Crippen molar-refractivity contribution in [2.75, 3.05) is 7.11 Å². The fraction of sp³-hybridized carbons (Fsp3) is 0.0909. The normalized spacial score (nSPS) is 10.3. The van der Waals surface area contributed by atoms with Gasteiger partial charge in [0.2, 0.25) is 0 Å². The van der Waals surface area contributed by atoms with E-state index in [0.29, 0.717) is 21.5 Å². The molecule has 0 unspecified atom stereocenters. The van der Waals surface area contributed by atoms with E-state index in [9.17, 15) is 9.90 Å². The van der Waals surface area contributed by atoms with Gasteiger partial charge in [-0.2, -0.15) is 5.10 Å². The van der Waals surface area contributed by atoms with Crippen molar-refractivity contribution in [1.29, 1.82) is 0 Å². The number of nitrogens with one attached hydrogen (secondary N) is 1. The number of aromatic carboxylic acids is 1. The Kier molecular flexibility index (Phi) is 3.24. The molecular formula is C11H9BrN2O4. The van der Waals surface area contributed by atoms with E-state index >= 15 is 0 Å². The van der Waals surface area contributed by atoms with Crippen LogP contribution >= 0.6 is 15.9 Å². The number of hydrogen-bond acceptors (Lipinski definition) is 4. The number of aromatic amines is 1. The Hall–Kier alpha value is -2.02. The van der Waals surface area contributed by atoms with Crippen LogP contribution in [0.1, 0.15) is 10.5 Å². The minimum atomic E-state index is -1.09. The highest BCUT2D eigenvalue weighted by atomic mass is 79.9. The minimum Gasteiger partial charge on any atom is -0.504 e. The van der Waals surface area contributed by atoms with Crippen LogP contribution < -0.4 is 4.74 Å². The molecule has 6 nitrogen and oxygen atoms in total. The number of carboxylic acid groups (broad SMARTS) is 1. The number of ether oxygens (including phenoxy) is 1. The summed E-state index contributed by atoms with van der Waals surface area (Å²) in [5.74, 6) is -0.821. The topological polar surface area (TPSA) is 95.4 Å². The van der Waals surface area contributed by atoms with E-state index in [-0.39, 0.29) is 11.4 Å². The van der Waals surface area contributed by atoms with Crippen LogP contribution in [0.15, 0.2) is 22.7 Å². The molecule has 18 heavy (non-hydrogen) atoms. The number of phenolic OH excluding ortho intramolecular Hbond substituents is 1. The molecule has 2 rings (SSSR count). The average Bonchev–Trinajstić information content (AvgIpc) is 2.81. The van der Waals surface area contributed by atoms with Crippen LogP contribution in [0.25, 0.3) is 11.3 Å². The Morgan fingerprint density at radius 2 is 2.17 bits per heavy atom. The molecule has 1 aromatic carbocycles. The van der Waals surface area contributed by atoms with Gasteiger partial charge >= 0.3 is 5.97 Å². The summed E-state index contributed by atoms with van der Waals surface area (Å²) < 4.78 is 5.60. The second-order valence-electron chi connectivity index (χ2n) is 3.48. The Morgan fingerprint density at radius 1 is 1.44 bits per heavy atom. The Bertz CT molecular complexity index is 609. The van der Waals surface area contributed by atoms with Crippen molar-refractivity contribution in [1.82, 2.24) is 10.2 Å². The number of rotatable bonds is 3. The first kappa shape index (κ1) is 12.4. The second-order valence-corrected chi connectivity index (χ2v) is 4.33. The van der Waals surface area contributed by atoms with Gasteiger partial charge in [0, 0.05) is 10.0 Å². The average molecular weight is 313 g/mol. The third-order valence-electron chi connectivity index (χ3n) is 2.35. The Balaban J connectivity index is 2.50. The van der Waals surface area contributed by atoms with Crippen LogP contribution in [0.4, 0.5) is 0 Å². The highest BCUT2D eigenvalue weighted by Crippen LogP contribution is 2.37. The van der Waals surface area contributed by atoms with Gasteiger partial charge in [0.15, 0.2) is 11.5 Å². The quantitative estimate of drug-likeness (QED) is 0.808. The molecule has 3 N–H and O–H groups in total. The third-order valence-corrected chi connectivity index (χ3v) is 3.01. The summed E-state index contributed by atoms with van der Waals surface area (Å²) in [5, 5.41) is 24.8. The van der Waals surface area contributed by atoms with Crippen LogP contribution in [-0.2, 0) is 0 Å². The number of phenols is 1. The van der Waals surface area contributed by atoms with Crippen LogP contribution in [0.5, 0.6) is 11.5 Å². The van der Waals surface area contributed by atoms with Crippen molar-refractivity contribution >= 4 is 21.9 Å². The van der Waals surface area contributed by atoms with Gasteiger partial charge in [0.05, 0.1) is 12.8 Å². The summed E-state index contributed by atoms with van der Waals surface area (Å²) in [7, 11) is 1.44. The number of hydrogen-bond donors (Lipinski definition) is 3. The molecule has 2 aromatic rings. The molecule has 0 aliphatic heterocycles. The standard InChI is InChI=1S/C11H9BrN2O4/c1-18-10-3-6(12)5(2-9(10)15)7-4-8(11(16)17)14-13-7/h2-4,15H,1H3,(H,13,14)(H,16,17). The first-order valence-electron chi connectivity index (χ1n) is 4.88. The molecule has 1 heterocycles. The lowest BCUT2D eigenvalue weighted by Gasteiger charge is -2.07. The number of nitrogens with zero attached hydrogens (tertiary/aromatic N) is 1. The number of aromatic nitrogens is 2. The van der Waals surface area contributed by atoms with Gasteiger partial charge in [0.25, 0.3) is 0 Å². The maximum absolute atomic E-state index is 10.7. The molecular weight excluding hydrogens is 304 g/mol. The lowest BCUT2D eigenvalue weighted by atomic mass is 10.1. The molecule has 1 aromatic heterocycles. The maximum atomic E-state index is 10.7. The number of benzene rings is 1. The van der Waals surface area contributed by atoms with E-state index < -0.39 is 5.97 Å². The number of carboxylic acids is 1. The number of H-pyrrole nitrogens is 1. The molecule has 0 bridgehead atoms. The van der Waals surface area contributed by atoms with Crippen molar-refractivity contribution in [2.45, 2.75) is 0 Å². The molecule has 7 heteroatoms. The second kappa shape index (κ2) is 4.69. The molecule has 0 radical (unpaired) electrons.